The van der Waals surface area contributed by atoms with Crippen molar-refractivity contribution in [3.05, 3.63) is 0 Å². The number of hydrogen-bond acceptors (Lipinski definition) is 1. The lowest BCUT2D eigenvalue weighted by Crippen LogP contribution is -2.54. The van der Waals surface area contributed by atoms with E-state index in [2.05, 4.69) is 26.1 Å². The Balaban J connectivity index is 1.76. The first-order valence-corrected chi connectivity index (χ1v) is 7.22. The fraction of sp³-hybridized carbons (Fsp3) is 1.00. The molecule has 0 amide bonds. The van der Waals surface area contributed by atoms with Crippen molar-refractivity contribution in [3.8, 4) is 0 Å². The molecule has 0 spiro atoms. The van der Waals surface area contributed by atoms with Crippen LogP contribution in [-0.2, 0) is 0 Å². The van der Waals surface area contributed by atoms with E-state index in [1.165, 1.54) is 38.6 Å². The van der Waals surface area contributed by atoms with E-state index in [1.807, 2.05) is 0 Å². The van der Waals surface area contributed by atoms with Crippen LogP contribution in [0.4, 0.5) is 0 Å². The number of nitrogens with one attached hydrogen (secondary N) is 1. The molecule has 4 aliphatic rings. The molecule has 4 saturated carbocycles. The molecule has 16 heavy (non-hydrogen) atoms. The largest absolute Gasteiger partial charge is 0.314 e. The van der Waals surface area contributed by atoms with Crippen molar-refractivity contribution in [2.75, 3.05) is 6.54 Å². The van der Waals surface area contributed by atoms with Crippen LogP contribution >= 0.6 is 0 Å². The highest BCUT2D eigenvalue weighted by Crippen LogP contribution is 2.64. The van der Waals surface area contributed by atoms with Gasteiger partial charge in [0, 0.05) is 12.6 Å². The third kappa shape index (κ3) is 1.81. The molecule has 4 rings (SSSR count). The second-order valence-electron chi connectivity index (χ2n) is 7.81. The molecule has 1 heteroatoms. The summed E-state index contributed by atoms with van der Waals surface area (Å²) in [6.07, 6.45) is 9.18. The van der Waals surface area contributed by atoms with Gasteiger partial charge in [0.15, 0.2) is 0 Å². The Labute approximate surface area is 100 Å². The van der Waals surface area contributed by atoms with Gasteiger partial charge in [0.05, 0.1) is 0 Å². The summed E-state index contributed by atoms with van der Waals surface area (Å²) in [6.45, 7) is 8.41. The van der Waals surface area contributed by atoms with Gasteiger partial charge in [-0.05, 0) is 61.2 Å². The number of rotatable bonds is 3. The lowest BCUT2D eigenvalue weighted by Gasteiger charge is -2.61. The lowest BCUT2D eigenvalue weighted by molar-refractivity contribution is -0.100. The second-order valence-corrected chi connectivity index (χ2v) is 7.81. The summed E-state index contributed by atoms with van der Waals surface area (Å²) >= 11 is 0. The summed E-state index contributed by atoms with van der Waals surface area (Å²) in [5, 5.41) is 3.72. The van der Waals surface area contributed by atoms with Gasteiger partial charge in [0.1, 0.15) is 0 Å². The van der Waals surface area contributed by atoms with Crippen LogP contribution in [0.2, 0.25) is 0 Å². The highest BCUT2D eigenvalue weighted by molar-refractivity contribution is 5.06. The average Bonchev–Trinajstić information content (AvgIpc) is 2.10. The van der Waals surface area contributed by atoms with E-state index in [1.54, 1.807) is 6.42 Å². The quantitative estimate of drug-likeness (QED) is 0.768. The molecular formula is C15H27N. The zero-order chi connectivity index (χ0) is 11.4. The van der Waals surface area contributed by atoms with Crippen molar-refractivity contribution in [2.45, 2.75) is 65.3 Å². The molecule has 0 saturated heterocycles. The Morgan fingerprint density at radius 1 is 1.12 bits per heavy atom. The van der Waals surface area contributed by atoms with E-state index in [-0.39, 0.29) is 0 Å². The molecular weight excluding hydrogens is 194 g/mol. The summed E-state index contributed by atoms with van der Waals surface area (Å²) in [4.78, 5) is 0. The zero-order valence-corrected chi connectivity index (χ0v) is 11.2. The van der Waals surface area contributed by atoms with E-state index in [0.29, 0.717) is 16.9 Å². The first kappa shape index (κ1) is 11.1. The van der Waals surface area contributed by atoms with Gasteiger partial charge in [-0.3, -0.25) is 0 Å². The fourth-order valence-corrected chi connectivity index (χ4v) is 5.56. The Kier molecular flexibility index (Phi) is 2.41. The Morgan fingerprint density at radius 3 is 2.25 bits per heavy atom. The molecule has 2 atom stereocenters. The van der Waals surface area contributed by atoms with Crippen molar-refractivity contribution in [3.63, 3.8) is 0 Å². The predicted molar refractivity (Wildman–Crippen MR) is 68.4 cm³/mol. The Hall–Kier alpha value is -0.0400. The minimum atomic E-state index is 0.654. The van der Waals surface area contributed by atoms with Crippen molar-refractivity contribution in [1.29, 1.82) is 0 Å². The van der Waals surface area contributed by atoms with Crippen LogP contribution in [0.15, 0.2) is 0 Å². The highest BCUT2D eigenvalue weighted by Gasteiger charge is 2.55. The average molecular weight is 221 g/mol. The van der Waals surface area contributed by atoms with Crippen LogP contribution in [0.1, 0.15) is 59.3 Å². The lowest BCUT2D eigenvalue weighted by atomic mass is 9.44. The van der Waals surface area contributed by atoms with Crippen LogP contribution < -0.4 is 5.32 Å². The molecule has 4 fully saturated rings. The summed E-state index contributed by atoms with van der Waals surface area (Å²) in [5.74, 6) is 2.14. The fourth-order valence-electron chi connectivity index (χ4n) is 5.56. The third-order valence-corrected chi connectivity index (χ3v) is 5.36. The minimum Gasteiger partial charge on any atom is -0.314 e. The van der Waals surface area contributed by atoms with Crippen LogP contribution in [0.25, 0.3) is 0 Å². The Morgan fingerprint density at radius 2 is 1.75 bits per heavy atom. The van der Waals surface area contributed by atoms with Gasteiger partial charge in [0.25, 0.3) is 0 Å². The van der Waals surface area contributed by atoms with Crippen molar-refractivity contribution < 1.29 is 0 Å². The molecule has 0 radical (unpaired) electrons. The Bertz CT molecular complexity index is 267. The van der Waals surface area contributed by atoms with Gasteiger partial charge in [-0.1, -0.05) is 20.8 Å². The summed E-state index contributed by atoms with van der Waals surface area (Å²) < 4.78 is 0. The second kappa shape index (κ2) is 3.48. The van der Waals surface area contributed by atoms with E-state index in [4.69, 9.17) is 0 Å². The summed E-state index contributed by atoms with van der Waals surface area (Å²) in [5.41, 5.74) is 1.39. The van der Waals surface area contributed by atoms with Gasteiger partial charge in [-0.2, -0.15) is 0 Å². The van der Waals surface area contributed by atoms with Crippen LogP contribution in [0.5, 0.6) is 0 Å². The topological polar surface area (TPSA) is 12.0 Å². The normalized spacial score (nSPS) is 50.2. The molecule has 0 aromatic heterocycles. The highest BCUT2D eigenvalue weighted by atomic mass is 14.9. The van der Waals surface area contributed by atoms with Crippen molar-refractivity contribution in [1.82, 2.24) is 5.32 Å². The van der Waals surface area contributed by atoms with Gasteiger partial charge < -0.3 is 5.32 Å². The molecule has 0 aromatic carbocycles. The molecule has 4 bridgehead atoms. The maximum Gasteiger partial charge on any atom is 0.00106 e. The monoisotopic (exact) mass is 221 g/mol. The predicted octanol–water partition coefficient (Wildman–Crippen LogP) is 3.59. The minimum absolute atomic E-state index is 0.654. The van der Waals surface area contributed by atoms with Crippen LogP contribution in [0, 0.1) is 22.7 Å². The van der Waals surface area contributed by atoms with Gasteiger partial charge in [0.2, 0.25) is 0 Å². The SMILES string of the molecule is CC(C)NCC12CC3CC(CC(C)(C3)C1)C2. The maximum atomic E-state index is 3.72. The number of hydrogen-bond donors (Lipinski definition) is 1. The molecule has 2 unspecified atom stereocenters. The maximum absolute atomic E-state index is 3.72. The first-order valence-electron chi connectivity index (χ1n) is 7.22. The molecule has 1 N–H and O–H groups in total. The van der Waals surface area contributed by atoms with Crippen LogP contribution in [0.3, 0.4) is 0 Å². The van der Waals surface area contributed by atoms with E-state index >= 15 is 0 Å². The zero-order valence-electron chi connectivity index (χ0n) is 11.2. The molecule has 0 aromatic rings. The summed E-state index contributed by atoms with van der Waals surface area (Å²) in [7, 11) is 0. The molecule has 1 nitrogen and oxygen atoms in total. The third-order valence-electron chi connectivity index (χ3n) is 5.36. The molecule has 0 heterocycles. The molecule has 4 aliphatic carbocycles. The van der Waals surface area contributed by atoms with E-state index < -0.39 is 0 Å². The summed E-state index contributed by atoms with van der Waals surface area (Å²) in [6, 6.07) is 0.654. The van der Waals surface area contributed by atoms with Gasteiger partial charge >= 0.3 is 0 Å². The standard InChI is InChI=1S/C15H27N/c1-11(2)16-10-15-7-12-4-13(8-15)6-14(3,5-12)9-15/h11-13,16H,4-10H2,1-3H3. The van der Waals surface area contributed by atoms with E-state index in [9.17, 15) is 0 Å². The smallest absolute Gasteiger partial charge is 0.00106 e. The van der Waals surface area contributed by atoms with Crippen LogP contribution in [-0.4, -0.2) is 12.6 Å². The van der Waals surface area contributed by atoms with Gasteiger partial charge in [-0.25, -0.2) is 0 Å². The van der Waals surface area contributed by atoms with Gasteiger partial charge in [-0.15, -0.1) is 0 Å². The first-order chi connectivity index (χ1) is 7.49. The molecule has 92 valence electrons. The van der Waals surface area contributed by atoms with Crippen molar-refractivity contribution in [2.24, 2.45) is 22.7 Å². The van der Waals surface area contributed by atoms with E-state index in [0.717, 1.165) is 11.8 Å². The van der Waals surface area contributed by atoms with Crippen molar-refractivity contribution >= 4 is 0 Å². The molecule has 0 aliphatic heterocycles.